The van der Waals surface area contributed by atoms with Crippen molar-refractivity contribution in [1.82, 2.24) is 20.2 Å². The summed E-state index contributed by atoms with van der Waals surface area (Å²) in [4.78, 5) is 8.49. The van der Waals surface area contributed by atoms with E-state index in [1.807, 2.05) is 30.3 Å². The average Bonchev–Trinajstić information content (AvgIpc) is 2.87. The zero-order chi connectivity index (χ0) is 12.4. The summed E-state index contributed by atoms with van der Waals surface area (Å²) in [5.41, 5.74) is 2.01. The number of nitrogens with one attached hydrogen (secondary N) is 2. The van der Waals surface area contributed by atoms with E-state index in [-0.39, 0.29) is 0 Å². The van der Waals surface area contributed by atoms with Crippen molar-refractivity contribution in [2.45, 2.75) is 13.3 Å². The van der Waals surface area contributed by atoms with Crippen molar-refractivity contribution < 1.29 is 0 Å². The Morgan fingerprint density at radius 3 is 2.94 bits per heavy atom. The molecule has 0 aliphatic carbocycles. The highest BCUT2D eigenvalue weighted by Crippen LogP contribution is 2.21. The second-order valence-corrected chi connectivity index (χ2v) is 4.00. The number of hydrogen-bond acceptors (Lipinski definition) is 4. The number of benzene rings is 1. The molecule has 5 nitrogen and oxygen atoms in total. The van der Waals surface area contributed by atoms with Crippen molar-refractivity contribution in [3.63, 3.8) is 0 Å². The number of anilines is 2. The summed E-state index contributed by atoms with van der Waals surface area (Å²) in [5.74, 6) is 1.55. The minimum atomic E-state index is 0.773. The summed E-state index contributed by atoms with van der Waals surface area (Å²) >= 11 is 0. The van der Waals surface area contributed by atoms with Gasteiger partial charge in [0.05, 0.1) is 5.52 Å². The molecule has 0 amide bonds. The van der Waals surface area contributed by atoms with E-state index in [1.54, 1.807) is 6.33 Å². The minimum absolute atomic E-state index is 0.773. The minimum Gasteiger partial charge on any atom is -0.323 e. The van der Waals surface area contributed by atoms with E-state index in [0.29, 0.717) is 0 Å². The van der Waals surface area contributed by atoms with E-state index in [1.165, 1.54) is 0 Å². The summed E-state index contributed by atoms with van der Waals surface area (Å²) < 4.78 is 0. The lowest BCUT2D eigenvalue weighted by atomic mass is 10.2. The molecule has 2 N–H and O–H groups in total. The van der Waals surface area contributed by atoms with Crippen LogP contribution in [-0.4, -0.2) is 20.2 Å². The second-order valence-electron chi connectivity index (χ2n) is 4.00. The van der Waals surface area contributed by atoms with Crippen LogP contribution in [0.2, 0.25) is 0 Å². The molecule has 1 aromatic carbocycles. The Hall–Kier alpha value is -2.43. The number of hydrogen-bond donors (Lipinski definition) is 2. The van der Waals surface area contributed by atoms with Crippen molar-refractivity contribution in [1.29, 1.82) is 0 Å². The highest BCUT2D eigenvalue weighted by atomic mass is 15.2. The van der Waals surface area contributed by atoms with Crippen LogP contribution in [0.3, 0.4) is 0 Å². The number of aromatic nitrogens is 4. The van der Waals surface area contributed by atoms with Crippen LogP contribution >= 0.6 is 0 Å². The molecule has 3 aromatic rings. The van der Waals surface area contributed by atoms with Gasteiger partial charge in [0.25, 0.3) is 0 Å². The topological polar surface area (TPSA) is 66.5 Å². The lowest BCUT2D eigenvalue weighted by Crippen LogP contribution is -1.95. The molecule has 0 spiro atoms. The third-order valence-corrected chi connectivity index (χ3v) is 2.80. The largest absolute Gasteiger partial charge is 0.323 e. The molecule has 18 heavy (non-hydrogen) atoms. The lowest BCUT2D eigenvalue weighted by Gasteiger charge is -2.04. The number of aromatic amines is 1. The maximum Gasteiger partial charge on any atom is 0.153 e. The van der Waals surface area contributed by atoms with Crippen LogP contribution in [0.25, 0.3) is 10.9 Å². The number of para-hydroxylation sites is 1. The Labute approximate surface area is 104 Å². The molecule has 0 fully saturated rings. The van der Waals surface area contributed by atoms with Gasteiger partial charge in [-0.1, -0.05) is 19.1 Å². The predicted octanol–water partition coefficient (Wildman–Crippen LogP) is 2.66. The van der Waals surface area contributed by atoms with E-state index in [2.05, 4.69) is 32.4 Å². The van der Waals surface area contributed by atoms with Crippen LogP contribution in [0.15, 0.2) is 36.7 Å². The van der Waals surface area contributed by atoms with Crippen molar-refractivity contribution in [3.05, 3.63) is 42.4 Å². The first-order valence-corrected chi connectivity index (χ1v) is 5.88. The van der Waals surface area contributed by atoms with Crippen LogP contribution in [0.4, 0.5) is 11.6 Å². The number of rotatable bonds is 3. The Morgan fingerprint density at radius 1 is 1.22 bits per heavy atom. The van der Waals surface area contributed by atoms with E-state index in [4.69, 9.17) is 0 Å². The molecule has 0 unspecified atom stereocenters. The van der Waals surface area contributed by atoms with Crippen molar-refractivity contribution in [2.24, 2.45) is 0 Å². The number of aryl methyl sites for hydroxylation is 1. The zero-order valence-corrected chi connectivity index (χ0v) is 10.0. The molecule has 2 heterocycles. The van der Waals surface area contributed by atoms with Crippen LogP contribution in [0.1, 0.15) is 12.6 Å². The molecule has 0 aliphatic rings. The Morgan fingerprint density at radius 2 is 2.11 bits per heavy atom. The van der Waals surface area contributed by atoms with Gasteiger partial charge in [-0.25, -0.2) is 9.97 Å². The highest BCUT2D eigenvalue weighted by Gasteiger charge is 2.05. The fraction of sp³-hybridized carbons (Fsp3) is 0.154. The lowest BCUT2D eigenvalue weighted by molar-refractivity contribution is 0.976. The van der Waals surface area contributed by atoms with Gasteiger partial charge in [-0.15, -0.1) is 0 Å². The van der Waals surface area contributed by atoms with E-state index in [9.17, 15) is 0 Å². The molecule has 3 rings (SSSR count). The Kier molecular flexibility index (Phi) is 2.64. The third-order valence-electron chi connectivity index (χ3n) is 2.80. The van der Waals surface area contributed by atoms with Gasteiger partial charge in [-0.05, 0) is 18.6 Å². The fourth-order valence-electron chi connectivity index (χ4n) is 1.83. The van der Waals surface area contributed by atoms with Gasteiger partial charge in [0.1, 0.15) is 12.1 Å². The molecule has 2 aromatic heterocycles. The molecule has 90 valence electrons. The van der Waals surface area contributed by atoms with Gasteiger partial charge < -0.3 is 5.32 Å². The van der Waals surface area contributed by atoms with Gasteiger partial charge in [0.2, 0.25) is 0 Å². The van der Waals surface area contributed by atoms with Crippen LogP contribution in [0.5, 0.6) is 0 Å². The van der Waals surface area contributed by atoms with E-state index < -0.39 is 0 Å². The van der Waals surface area contributed by atoms with Crippen LogP contribution in [-0.2, 0) is 6.42 Å². The standard InChI is InChI=1S/C13H13N5/c1-2-9-7-12(18-17-9)16-13-10-5-3-4-6-11(10)14-8-15-13/h3-8H,2H2,1H3,(H2,14,15,16,17,18). The first-order valence-electron chi connectivity index (χ1n) is 5.88. The maximum atomic E-state index is 4.26. The van der Waals surface area contributed by atoms with E-state index in [0.717, 1.165) is 34.7 Å². The first kappa shape index (κ1) is 10.7. The van der Waals surface area contributed by atoms with Gasteiger partial charge in [-0.3, -0.25) is 5.10 Å². The molecule has 5 heteroatoms. The summed E-state index contributed by atoms with van der Waals surface area (Å²) in [6.45, 7) is 2.08. The Balaban J connectivity index is 1.99. The monoisotopic (exact) mass is 239 g/mol. The number of nitrogens with zero attached hydrogens (tertiary/aromatic N) is 3. The van der Waals surface area contributed by atoms with Crippen molar-refractivity contribution >= 4 is 22.5 Å². The average molecular weight is 239 g/mol. The van der Waals surface area contributed by atoms with Gasteiger partial charge in [0, 0.05) is 17.1 Å². The highest BCUT2D eigenvalue weighted by molar-refractivity contribution is 5.90. The quantitative estimate of drug-likeness (QED) is 0.737. The van der Waals surface area contributed by atoms with Gasteiger partial charge in [-0.2, -0.15) is 5.10 Å². The second kappa shape index (κ2) is 4.44. The molecule has 0 bridgehead atoms. The number of fused-ring (bicyclic) bond motifs is 1. The zero-order valence-electron chi connectivity index (χ0n) is 10.0. The molecule has 0 aliphatic heterocycles. The smallest absolute Gasteiger partial charge is 0.153 e. The third kappa shape index (κ3) is 1.90. The van der Waals surface area contributed by atoms with E-state index >= 15 is 0 Å². The van der Waals surface area contributed by atoms with Crippen LogP contribution in [0, 0.1) is 0 Å². The van der Waals surface area contributed by atoms with Crippen molar-refractivity contribution in [3.8, 4) is 0 Å². The first-order chi connectivity index (χ1) is 8.86. The number of H-pyrrole nitrogens is 1. The predicted molar refractivity (Wildman–Crippen MR) is 70.8 cm³/mol. The summed E-state index contributed by atoms with van der Waals surface area (Å²) in [6.07, 6.45) is 2.48. The maximum absolute atomic E-state index is 4.26. The summed E-state index contributed by atoms with van der Waals surface area (Å²) in [6, 6.07) is 9.87. The fourth-order valence-corrected chi connectivity index (χ4v) is 1.83. The molecule has 0 radical (unpaired) electrons. The van der Waals surface area contributed by atoms with Crippen LogP contribution < -0.4 is 5.32 Å². The molecule has 0 atom stereocenters. The molecular weight excluding hydrogens is 226 g/mol. The molecular formula is C13H13N5. The van der Waals surface area contributed by atoms with Gasteiger partial charge in [0.15, 0.2) is 5.82 Å². The van der Waals surface area contributed by atoms with Gasteiger partial charge >= 0.3 is 0 Å². The normalized spacial score (nSPS) is 10.7. The Bertz CT molecular complexity index is 668. The molecule has 0 saturated heterocycles. The summed E-state index contributed by atoms with van der Waals surface area (Å²) in [7, 11) is 0. The van der Waals surface area contributed by atoms with Crippen molar-refractivity contribution in [2.75, 3.05) is 5.32 Å². The molecule has 0 saturated carbocycles. The summed E-state index contributed by atoms with van der Waals surface area (Å²) in [5, 5.41) is 11.4. The SMILES string of the molecule is CCc1cc(Nc2ncnc3ccccc23)n[nH]1.